The van der Waals surface area contributed by atoms with Crippen LogP contribution in [0.4, 0.5) is 5.69 Å². The van der Waals surface area contributed by atoms with Crippen molar-refractivity contribution in [2.24, 2.45) is 0 Å². The van der Waals surface area contributed by atoms with Gasteiger partial charge in [0.05, 0.1) is 6.04 Å². The summed E-state index contributed by atoms with van der Waals surface area (Å²) in [6.07, 6.45) is 0.329. The quantitative estimate of drug-likeness (QED) is 0.941. The van der Waals surface area contributed by atoms with E-state index in [-0.39, 0.29) is 11.9 Å². The molecule has 0 fully saturated rings. The van der Waals surface area contributed by atoms with Crippen LogP contribution in [-0.4, -0.2) is 20.7 Å². The van der Waals surface area contributed by atoms with E-state index in [1.54, 1.807) is 16.8 Å². The maximum absolute atomic E-state index is 12.2. The highest BCUT2D eigenvalue weighted by atomic mass is 35.5. The Labute approximate surface area is 129 Å². The SMILES string of the molecule is Cc1nc(C)n([C@H](C)CC(=O)Nc2cc(Cl)ccc2C)n1. The molecule has 0 saturated carbocycles. The van der Waals surface area contributed by atoms with E-state index in [2.05, 4.69) is 15.4 Å². The van der Waals surface area contributed by atoms with Crippen molar-refractivity contribution in [2.75, 3.05) is 5.32 Å². The van der Waals surface area contributed by atoms with Crippen molar-refractivity contribution in [3.63, 3.8) is 0 Å². The Hall–Kier alpha value is -1.88. The number of anilines is 1. The van der Waals surface area contributed by atoms with Gasteiger partial charge in [0.15, 0.2) is 0 Å². The molecule has 1 atom stereocenters. The lowest BCUT2D eigenvalue weighted by Gasteiger charge is -2.14. The van der Waals surface area contributed by atoms with Gasteiger partial charge in [-0.15, -0.1) is 0 Å². The van der Waals surface area contributed by atoms with Crippen LogP contribution in [-0.2, 0) is 4.79 Å². The van der Waals surface area contributed by atoms with Gasteiger partial charge in [0.1, 0.15) is 11.6 Å². The maximum Gasteiger partial charge on any atom is 0.226 e. The maximum atomic E-state index is 12.2. The fraction of sp³-hybridized carbons (Fsp3) is 0.400. The van der Waals surface area contributed by atoms with E-state index in [0.29, 0.717) is 17.3 Å². The molecule has 0 unspecified atom stereocenters. The van der Waals surface area contributed by atoms with Gasteiger partial charge < -0.3 is 5.32 Å². The fourth-order valence-electron chi connectivity index (χ4n) is 2.24. The minimum Gasteiger partial charge on any atom is -0.326 e. The third kappa shape index (κ3) is 3.82. The molecule has 1 amide bonds. The lowest BCUT2D eigenvalue weighted by molar-refractivity contribution is -0.116. The van der Waals surface area contributed by atoms with Crippen molar-refractivity contribution in [3.8, 4) is 0 Å². The third-order valence-electron chi connectivity index (χ3n) is 3.28. The molecule has 1 N–H and O–H groups in total. The molecule has 0 aliphatic carbocycles. The molecule has 1 aromatic carbocycles. The van der Waals surface area contributed by atoms with Gasteiger partial charge >= 0.3 is 0 Å². The van der Waals surface area contributed by atoms with Crippen LogP contribution in [0.25, 0.3) is 0 Å². The number of hydrogen-bond acceptors (Lipinski definition) is 3. The first kappa shape index (κ1) is 15.5. The standard InChI is InChI=1S/C15H19ClN4O/c1-9-5-6-13(16)8-14(9)18-15(21)7-10(2)20-12(4)17-11(3)19-20/h5-6,8,10H,7H2,1-4H3,(H,18,21)/t10-/m1/s1. The van der Waals surface area contributed by atoms with Crippen molar-refractivity contribution in [1.29, 1.82) is 0 Å². The summed E-state index contributed by atoms with van der Waals surface area (Å²) in [6.45, 7) is 7.60. The summed E-state index contributed by atoms with van der Waals surface area (Å²) in [4.78, 5) is 16.4. The second-order valence-electron chi connectivity index (χ2n) is 5.21. The summed E-state index contributed by atoms with van der Waals surface area (Å²) in [7, 11) is 0. The normalized spacial score (nSPS) is 12.2. The Morgan fingerprint density at radius 2 is 2.10 bits per heavy atom. The minimum absolute atomic E-state index is 0.0503. The summed E-state index contributed by atoms with van der Waals surface area (Å²) in [5.74, 6) is 1.46. The third-order valence-corrected chi connectivity index (χ3v) is 3.51. The average molecular weight is 307 g/mol. The van der Waals surface area contributed by atoms with E-state index in [0.717, 1.165) is 17.1 Å². The zero-order valence-electron chi connectivity index (χ0n) is 12.6. The van der Waals surface area contributed by atoms with Crippen molar-refractivity contribution in [3.05, 3.63) is 40.4 Å². The Morgan fingerprint density at radius 3 is 2.71 bits per heavy atom. The molecule has 21 heavy (non-hydrogen) atoms. The molecule has 0 aliphatic heterocycles. The molecule has 0 radical (unpaired) electrons. The number of carbonyl (C=O) groups is 1. The molecule has 0 spiro atoms. The Morgan fingerprint density at radius 1 is 1.38 bits per heavy atom. The van der Waals surface area contributed by atoms with Crippen LogP contribution in [0.3, 0.4) is 0 Å². The molecule has 0 aliphatic rings. The minimum atomic E-state index is -0.0691. The first-order valence-electron chi connectivity index (χ1n) is 6.82. The largest absolute Gasteiger partial charge is 0.326 e. The van der Waals surface area contributed by atoms with Crippen LogP contribution >= 0.6 is 11.6 Å². The molecular weight excluding hydrogens is 288 g/mol. The second kappa shape index (κ2) is 6.26. The van der Waals surface area contributed by atoms with Gasteiger partial charge in [0.2, 0.25) is 5.91 Å². The second-order valence-corrected chi connectivity index (χ2v) is 5.65. The van der Waals surface area contributed by atoms with Crippen LogP contribution in [0.5, 0.6) is 0 Å². The van der Waals surface area contributed by atoms with Gasteiger partial charge in [-0.2, -0.15) is 5.10 Å². The van der Waals surface area contributed by atoms with Crippen LogP contribution in [0.2, 0.25) is 5.02 Å². The van der Waals surface area contributed by atoms with E-state index in [4.69, 9.17) is 11.6 Å². The zero-order valence-corrected chi connectivity index (χ0v) is 13.4. The van der Waals surface area contributed by atoms with E-state index in [1.807, 2.05) is 33.8 Å². The molecule has 0 saturated heterocycles. The molecule has 2 aromatic rings. The molecule has 112 valence electrons. The van der Waals surface area contributed by atoms with Crippen LogP contribution in [0.1, 0.15) is 36.6 Å². The number of nitrogens with zero attached hydrogens (tertiary/aromatic N) is 3. The number of hydrogen-bond donors (Lipinski definition) is 1. The first-order valence-corrected chi connectivity index (χ1v) is 7.20. The molecule has 1 heterocycles. The van der Waals surface area contributed by atoms with Crippen molar-refractivity contribution >= 4 is 23.2 Å². The topological polar surface area (TPSA) is 59.8 Å². The predicted molar refractivity (Wildman–Crippen MR) is 83.6 cm³/mol. The first-order chi connectivity index (χ1) is 9.86. The smallest absolute Gasteiger partial charge is 0.226 e. The average Bonchev–Trinajstić information content (AvgIpc) is 2.73. The number of carbonyl (C=O) groups excluding carboxylic acids is 1. The molecule has 6 heteroatoms. The van der Waals surface area contributed by atoms with Crippen molar-refractivity contribution in [1.82, 2.24) is 14.8 Å². The van der Waals surface area contributed by atoms with Gasteiger partial charge in [-0.3, -0.25) is 4.79 Å². The summed E-state index contributed by atoms with van der Waals surface area (Å²) < 4.78 is 1.78. The molecular formula is C15H19ClN4O. The number of benzene rings is 1. The summed E-state index contributed by atoms with van der Waals surface area (Å²) in [5.41, 5.74) is 1.72. The molecule has 1 aromatic heterocycles. The van der Waals surface area contributed by atoms with E-state index in [9.17, 15) is 4.79 Å². The van der Waals surface area contributed by atoms with Gasteiger partial charge in [-0.05, 0) is 45.4 Å². The van der Waals surface area contributed by atoms with E-state index < -0.39 is 0 Å². The predicted octanol–water partition coefficient (Wildman–Crippen LogP) is 3.45. The fourth-order valence-corrected chi connectivity index (χ4v) is 2.41. The molecule has 2 rings (SSSR count). The van der Waals surface area contributed by atoms with Gasteiger partial charge in [-0.1, -0.05) is 17.7 Å². The van der Waals surface area contributed by atoms with E-state index in [1.165, 1.54) is 0 Å². The zero-order chi connectivity index (χ0) is 15.6. The van der Waals surface area contributed by atoms with Crippen molar-refractivity contribution < 1.29 is 4.79 Å². The molecule has 0 bridgehead atoms. The van der Waals surface area contributed by atoms with Crippen LogP contribution in [0.15, 0.2) is 18.2 Å². The number of amides is 1. The lowest BCUT2D eigenvalue weighted by atomic mass is 10.2. The number of aromatic nitrogens is 3. The number of rotatable bonds is 4. The van der Waals surface area contributed by atoms with Crippen LogP contribution < -0.4 is 5.32 Å². The summed E-state index contributed by atoms with van der Waals surface area (Å²) in [6, 6.07) is 5.39. The summed E-state index contributed by atoms with van der Waals surface area (Å²) >= 11 is 5.95. The monoisotopic (exact) mass is 306 g/mol. The number of aryl methyl sites for hydroxylation is 3. The summed E-state index contributed by atoms with van der Waals surface area (Å²) in [5, 5.41) is 7.80. The van der Waals surface area contributed by atoms with Crippen molar-refractivity contribution in [2.45, 2.75) is 40.2 Å². The van der Waals surface area contributed by atoms with Gasteiger partial charge in [-0.25, -0.2) is 9.67 Å². The molecule has 5 nitrogen and oxygen atoms in total. The van der Waals surface area contributed by atoms with Gasteiger partial charge in [0, 0.05) is 17.1 Å². The van der Waals surface area contributed by atoms with E-state index >= 15 is 0 Å². The Bertz CT molecular complexity index is 666. The number of halogens is 1. The Kier molecular flexibility index (Phi) is 4.63. The Balaban J connectivity index is 2.04. The highest BCUT2D eigenvalue weighted by Gasteiger charge is 2.15. The lowest BCUT2D eigenvalue weighted by Crippen LogP contribution is -2.19. The highest BCUT2D eigenvalue weighted by molar-refractivity contribution is 6.31. The highest BCUT2D eigenvalue weighted by Crippen LogP contribution is 2.21. The van der Waals surface area contributed by atoms with Crippen LogP contribution in [0, 0.1) is 20.8 Å². The number of nitrogens with one attached hydrogen (secondary N) is 1. The van der Waals surface area contributed by atoms with Gasteiger partial charge in [0.25, 0.3) is 0 Å².